The SMILES string of the molecule is O=C(COc1ccccc1/C=N\NC(=O)C(=O)NC[C@H]1CCCO1)Nc1ccc(Cl)cc1Cl. The summed E-state index contributed by atoms with van der Waals surface area (Å²) in [4.78, 5) is 35.9. The minimum Gasteiger partial charge on any atom is -0.483 e. The van der Waals surface area contributed by atoms with Gasteiger partial charge in [0.1, 0.15) is 5.75 Å². The highest BCUT2D eigenvalue weighted by molar-refractivity contribution is 6.36. The van der Waals surface area contributed by atoms with E-state index in [0.717, 1.165) is 12.8 Å². The molecule has 1 heterocycles. The smallest absolute Gasteiger partial charge is 0.329 e. The largest absolute Gasteiger partial charge is 0.483 e. The van der Waals surface area contributed by atoms with Crippen molar-refractivity contribution in [3.8, 4) is 5.75 Å². The molecule has 1 atom stereocenters. The molecule has 9 nitrogen and oxygen atoms in total. The van der Waals surface area contributed by atoms with Gasteiger partial charge >= 0.3 is 11.8 Å². The summed E-state index contributed by atoms with van der Waals surface area (Å²) < 4.78 is 10.9. The van der Waals surface area contributed by atoms with Crippen molar-refractivity contribution >= 4 is 52.8 Å². The molecule has 33 heavy (non-hydrogen) atoms. The summed E-state index contributed by atoms with van der Waals surface area (Å²) in [7, 11) is 0. The van der Waals surface area contributed by atoms with Crippen LogP contribution < -0.4 is 20.8 Å². The van der Waals surface area contributed by atoms with Gasteiger partial charge in [0.05, 0.1) is 23.0 Å². The average Bonchev–Trinajstić information content (AvgIpc) is 3.32. The topological polar surface area (TPSA) is 118 Å². The highest BCUT2D eigenvalue weighted by Gasteiger charge is 2.19. The van der Waals surface area contributed by atoms with Crippen LogP contribution in [0, 0.1) is 0 Å². The van der Waals surface area contributed by atoms with Gasteiger partial charge in [-0.15, -0.1) is 0 Å². The monoisotopic (exact) mass is 492 g/mol. The van der Waals surface area contributed by atoms with E-state index in [1.165, 1.54) is 12.3 Å². The number of benzene rings is 2. The third-order valence-corrected chi connectivity index (χ3v) is 5.12. The predicted molar refractivity (Wildman–Crippen MR) is 125 cm³/mol. The summed E-state index contributed by atoms with van der Waals surface area (Å²) in [6, 6.07) is 11.5. The van der Waals surface area contributed by atoms with Crippen molar-refractivity contribution in [3.63, 3.8) is 0 Å². The molecule has 1 fully saturated rings. The van der Waals surface area contributed by atoms with E-state index in [1.807, 2.05) is 0 Å². The van der Waals surface area contributed by atoms with Crippen LogP contribution in [0.5, 0.6) is 5.75 Å². The van der Waals surface area contributed by atoms with Gasteiger partial charge in [0.2, 0.25) is 0 Å². The van der Waals surface area contributed by atoms with Crippen LogP contribution in [0.2, 0.25) is 10.0 Å². The summed E-state index contributed by atoms with van der Waals surface area (Å²) >= 11 is 11.9. The molecule has 1 aliphatic heterocycles. The standard InChI is InChI=1S/C22H22Cl2N4O5/c23-15-7-8-18(17(24)10-15)27-20(29)13-33-19-6-2-1-4-14(19)11-26-28-22(31)21(30)25-12-16-5-3-9-32-16/h1-2,4,6-8,10-11,16H,3,5,9,12-13H2,(H,25,30)(H,27,29)(H,28,31)/b26-11-/t16-/m1/s1. The molecule has 0 saturated carbocycles. The summed E-state index contributed by atoms with van der Waals surface area (Å²) in [6.07, 6.45) is 3.03. The van der Waals surface area contributed by atoms with Crippen LogP contribution in [0.3, 0.4) is 0 Å². The van der Waals surface area contributed by atoms with Crippen LogP contribution in [0.1, 0.15) is 18.4 Å². The van der Waals surface area contributed by atoms with Gasteiger partial charge in [0.25, 0.3) is 5.91 Å². The molecule has 11 heteroatoms. The van der Waals surface area contributed by atoms with E-state index in [-0.39, 0.29) is 19.3 Å². The van der Waals surface area contributed by atoms with E-state index in [1.54, 1.807) is 36.4 Å². The molecular weight excluding hydrogens is 471 g/mol. The Kier molecular flexibility index (Phi) is 9.05. The lowest BCUT2D eigenvalue weighted by Crippen LogP contribution is -2.41. The van der Waals surface area contributed by atoms with Gasteiger partial charge in [-0.3, -0.25) is 14.4 Å². The highest BCUT2D eigenvalue weighted by atomic mass is 35.5. The Morgan fingerprint density at radius 2 is 1.97 bits per heavy atom. The number of para-hydroxylation sites is 1. The normalized spacial score (nSPS) is 15.3. The molecule has 0 radical (unpaired) electrons. The van der Waals surface area contributed by atoms with Gasteiger partial charge < -0.3 is 20.1 Å². The molecule has 3 amide bonds. The molecule has 1 aliphatic rings. The fourth-order valence-corrected chi connectivity index (χ4v) is 3.40. The number of halogens is 2. The van der Waals surface area contributed by atoms with E-state index in [0.29, 0.717) is 33.7 Å². The first-order chi connectivity index (χ1) is 15.9. The first kappa shape index (κ1) is 24.5. The zero-order valence-corrected chi connectivity index (χ0v) is 19.0. The predicted octanol–water partition coefficient (Wildman–Crippen LogP) is 2.76. The molecule has 0 aromatic heterocycles. The van der Waals surface area contributed by atoms with Crippen LogP contribution in [0.4, 0.5) is 5.69 Å². The molecular formula is C22H22Cl2N4O5. The van der Waals surface area contributed by atoms with Gasteiger partial charge in [-0.25, -0.2) is 5.43 Å². The van der Waals surface area contributed by atoms with Gasteiger partial charge in [-0.05, 0) is 43.2 Å². The zero-order chi connectivity index (χ0) is 23.6. The molecule has 0 bridgehead atoms. The Hall–Kier alpha value is -3.14. The Balaban J connectivity index is 1.48. The van der Waals surface area contributed by atoms with Crippen molar-refractivity contribution in [3.05, 3.63) is 58.1 Å². The van der Waals surface area contributed by atoms with E-state index in [9.17, 15) is 14.4 Å². The minimum absolute atomic E-state index is 0.0674. The molecule has 1 saturated heterocycles. The minimum atomic E-state index is -0.901. The number of ether oxygens (including phenoxy) is 2. The number of hydrazone groups is 1. The van der Waals surface area contributed by atoms with Crippen molar-refractivity contribution in [2.75, 3.05) is 25.1 Å². The number of carbonyl (C=O) groups is 3. The second-order valence-electron chi connectivity index (χ2n) is 7.04. The molecule has 0 spiro atoms. The fourth-order valence-electron chi connectivity index (χ4n) is 2.94. The van der Waals surface area contributed by atoms with Crippen LogP contribution in [-0.2, 0) is 19.1 Å². The second-order valence-corrected chi connectivity index (χ2v) is 7.89. The van der Waals surface area contributed by atoms with Crippen molar-refractivity contribution in [1.29, 1.82) is 0 Å². The lowest BCUT2D eigenvalue weighted by molar-refractivity contribution is -0.139. The molecule has 3 N–H and O–H groups in total. The van der Waals surface area contributed by atoms with E-state index >= 15 is 0 Å². The van der Waals surface area contributed by atoms with Crippen LogP contribution in [0.15, 0.2) is 47.6 Å². The van der Waals surface area contributed by atoms with E-state index in [4.69, 9.17) is 32.7 Å². The Morgan fingerprint density at radius 3 is 2.73 bits per heavy atom. The molecule has 3 rings (SSSR count). The number of hydrogen-bond acceptors (Lipinski definition) is 6. The summed E-state index contributed by atoms with van der Waals surface area (Å²) in [6.45, 7) is 0.646. The maximum absolute atomic E-state index is 12.2. The van der Waals surface area contributed by atoms with Crippen molar-refractivity contribution in [1.82, 2.24) is 10.7 Å². The summed E-state index contributed by atoms with van der Waals surface area (Å²) in [5.74, 6) is -1.77. The number of nitrogens with zero attached hydrogens (tertiary/aromatic N) is 1. The Bertz CT molecular complexity index is 1040. The molecule has 2 aromatic carbocycles. The zero-order valence-electron chi connectivity index (χ0n) is 17.5. The molecule has 0 unspecified atom stereocenters. The third kappa shape index (κ3) is 7.74. The maximum atomic E-state index is 12.2. The fraction of sp³-hybridized carbons (Fsp3) is 0.273. The van der Waals surface area contributed by atoms with Crippen LogP contribution >= 0.6 is 23.2 Å². The third-order valence-electron chi connectivity index (χ3n) is 4.57. The average molecular weight is 493 g/mol. The Morgan fingerprint density at radius 1 is 1.15 bits per heavy atom. The van der Waals surface area contributed by atoms with Gasteiger partial charge in [-0.1, -0.05) is 35.3 Å². The van der Waals surface area contributed by atoms with Gasteiger partial charge in [-0.2, -0.15) is 5.10 Å². The number of hydrogen-bond donors (Lipinski definition) is 3. The lowest BCUT2D eigenvalue weighted by Gasteiger charge is -2.11. The maximum Gasteiger partial charge on any atom is 0.329 e. The van der Waals surface area contributed by atoms with Gasteiger partial charge in [0, 0.05) is 23.7 Å². The van der Waals surface area contributed by atoms with Crippen molar-refractivity contribution in [2.24, 2.45) is 5.10 Å². The Labute approximate surface area is 200 Å². The van der Waals surface area contributed by atoms with E-state index < -0.39 is 17.7 Å². The first-order valence-electron chi connectivity index (χ1n) is 10.1. The van der Waals surface area contributed by atoms with Gasteiger partial charge in [0.15, 0.2) is 6.61 Å². The summed E-state index contributed by atoms with van der Waals surface area (Å²) in [5.41, 5.74) is 3.06. The van der Waals surface area contributed by atoms with Crippen molar-refractivity contribution in [2.45, 2.75) is 18.9 Å². The molecule has 0 aliphatic carbocycles. The number of rotatable bonds is 8. The van der Waals surface area contributed by atoms with E-state index in [2.05, 4.69) is 21.2 Å². The molecule has 2 aromatic rings. The van der Waals surface area contributed by atoms with Crippen LogP contribution in [0.25, 0.3) is 0 Å². The van der Waals surface area contributed by atoms with Crippen molar-refractivity contribution < 1.29 is 23.9 Å². The number of anilines is 1. The summed E-state index contributed by atoms with van der Waals surface area (Å²) in [5, 5.41) is 9.69. The second kappa shape index (κ2) is 12.2. The quantitative estimate of drug-likeness (QED) is 0.297. The number of carbonyl (C=O) groups excluding carboxylic acids is 3. The van der Waals surface area contributed by atoms with Crippen LogP contribution in [-0.4, -0.2) is 49.8 Å². The number of amides is 3. The lowest BCUT2D eigenvalue weighted by atomic mass is 10.2. The number of nitrogens with one attached hydrogen (secondary N) is 3. The first-order valence-corrected chi connectivity index (χ1v) is 10.9. The highest BCUT2D eigenvalue weighted by Crippen LogP contribution is 2.25. The molecule has 174 valence electrons.